The summed E-state index contributed by atoms with van der Waals surface area (Å²) in [6.45, 7) is 11.9. The number of amides is 1. The second-order valence-electron chi connectivity index (χ2n) is 5.58. The Labute approximate surface area is 110 Å². The summed E-state index contributed by atoms with van der Waals surface area (Å²) in [6, 6.07) is 0. The molecule has 0 radical (unpaired) electrons. The minimum Gasteiger partial charge on any atom is -0.465 e. The van der Waals surface area contributed by atoms with Crippen molar-refractivity contribution in [1.82, 2.24) is 5.32 Å². The monoisotopic (exact) mass is 255 g/mol. The summed E-state index contributed by atoms with van der Waals surface area (Å²) in [5.41, 5.74) is 0.667. The molecule has 4 nitrogen and oxygen atoms in total. The van der Waals surface area contributed by atoms with Crippen molar-refractivity contribution in [2.24, 2.45) is 11.3 Å². The van der Waals surface area contributed by atoms with Gasteiger partial charge < -0.3 is 10.1 Å². The first-order valence-electron chi connectivity index (χ1n) is 6.27. The SMILES string of the molecule is CCOC(=O)C(C(=O)NCC=C(C)C)C(C)(C)C. The number of carbonyl (C=O) groups excluding carboxylic acids is 2. The van der Waals surface area contributed by atoms with Gasteiger partial charge in [-0.1, -0.05) is 32.4 Å². The molecule has 0 bridgehead atoms. The highest BCUT2D eigenvalue weighted by Crippen LogP contribution is 2.27. The second-order valence-corrected chi connectivity index (χ2v) is 5.58. The fraction of sp³-hybridized carbons (Fsp3) is 0.714. The lowest BCUT2D eigenvalue weighted by molar-refractivity contribution is -0.156. The molecule has 1 amide bonds. The number of hydrogen-bond donors (Lipinski definition) is 1. The molecule has 0 aliphatic rings. The first-order valence-corrected chi connectivity index (χ1v) is 6.27. The van der Waals surface area contributed by atoms with Crippen molar-refractivity contribution in [3.8, 4) is 0 Å². The van der Waals surface area contributed by atoms with Gasteiger partial charge in [0.1, 0.15) is 5.92 Å². The van der Waals surface area contributed by atoms with Gasteiger partial charge in [-0.3, -0.25) is 9.59 Å². The van der Waals surface area contributed by atoms with Crippen molar-refractivity contribution < 1.29 is 14.3 Å². The van der Waals surface area contributed by atoms with Crippen molar-refractivity contribution >= 4 is 11.9 Å². The van der Waals surface area contributed by atoms with Crippen LogP contribution in [-0.2, 0) is 14.3 Å². The van der Waals surface area contributed by atoms with Crippen LogP contribution in [0, 0.1) is 11.3 Å². The van der Waals surface area contributed by atoms with Gasteiger partial charge in [0.05, 0.1) is 6.61 Å². The van der Waals surface area contributed by atoms with E-state index in [0.29, 0.717) is 6.54 Å². The van der Waals surface area contributed by atoms with Crippen LogP contribution in [0.5, 0.6) is 0 Å². The molecule has 4 heteroatoms. The van der Waals surface area contributed by atoms with Crippen molar-refractivity contribution in [2.45, 2.75) is 41.5 Å². The van der Waals surface area contributed by atoms with E-state index < -0.39 is 17.3 Å². The van der Waals surface area contributed by atoms with Crippen LogP contribution >= 0.6 is 0 Å². The lowest BCUT2D eigenvalue weighted by atomic mass is 9.80. The lowest BCUT2D eigenvalue weighted by Crippen LogP contribution is -2.43. The molecule has 0 saturated heterocycles. The molecule has 0 spiro atoms. The van der Waals surface area contributed by atoms with Gasteiger partial charge >= 0.3 is 5.97 Å². The molecular weight excluding hydrogens is 230 g/mol. The van der Waals surface area contributed by atoms with E-state index >= 15 is 0 Å². The number of allylic oxidation sites excluding steroid dienone is 1. The predicted molar refractivity (Wildman–Crippen MR) is 72.0 cm³/mol. The zero-order chi connectivity index (χ0) is 14.3. The van der Waals surface area contributed by atoms with E-state index in [9.17, 15) is 9.59 Å². The number of rotatable bonds is 5. The Hall–Kier alpha value is -1.32. The third-order valence-electron chi connectivity index (χ3n) is 2.44. The maximum absolute atomic E-state index is 12.0. The zero-order valence-corrected chi connectivity index (χ0v) is 12.3. The second kappa shape index (κ2) is 7.19. The molecule has 0 aromatic carbocycles. The molecule has 0 aliphatic heterocycles. The van der Waals surface area contributed by atoms with Gasteiger partial charge in [-0.05, 0) is 26.2 Å². The van der Waals surface area contributed by atoms with Crippen LogP contribution in [0.4, 0.5) is 0 Å². The van der Waals surface area contributed by atoms with Crippen LogP contribution in [0.15, 0.2) is 11.6 Å². The van der Waals surface area contributed by atoms with Crippen molar-refractivity contribution in [2.75, 3.05) is 13.2 Å². The van der Waals surface area contributed by atoms with Gasteiger partial charge in [-0.15, -0.1) is 0 Å². The summed E-state index contributed by atoms with van der Waals surface area (Å²) in [5, 5.41) is 2.74. The smallest absolute Gasteiger partial charge is 0.319 e. The maximum Gasteiger partial charge on any atom is 0.319 e. The highest BCUT2D eigenvalue weighted by molar-refractivity contribution is 5.98. The van der Waals surface area contributed by atoms with E-state index in [1.54, 1.807) is 6.92 Å². The Balaban J connectivity index is 4.72. The summed E-state index contributed by atoms with van der Waals surface area (Å²) in [7, 11) is 0. The van der Waals surface area contributed by atoms with Crippen molar-refractivity contribution in [3.63, 3.8) is 0 Å². The Bertz CT molecular complexity index is 322. The number of ether oxygens (including phenoxy) is 1. The van der Waals surface area contributed by atoms with Crippen LogP contribution in [0.25, 0.3) is 0 Å². The molecule has 18 heavy (non-hydrogen) atoms. The van der Waals surface area contributed by atoms with E-state index in [4.69, 9.17) is 4.74 Å². The average molecular weight is 255 g/mol. The lowest BCUT2D eigenvalue weighted by Gasteiger charge is -2.27. The summed E-state index contributed by atoms with van der Waals surface area (Å²) >= 11 is 0. The van der Waals surface area contributed by atoms with Gasteiger partial charge in [0.2, 0.25) is 5.91 Å². The Morgan fingerprint density at radius 1 is 1.28 bits per heavy atom. The summed E-state index contributed by atoms with van der Waals surface area (Å²) in [5.74, 6) is -1.51. The van der Waals surface area contributed by atoms with Gasteiger partial charge in [0.25, 0.3) is 0 Å². The van der Waals surface area contributed by atoms with Crippen LogP contribution in [-0.4, -0.2) is 25.0 Å². The Morgan fingerprint density at radius 2 is 1.83 bits per heavy atom. The molecule has 104 valence electrons. The molecule has 0 aliphatic carbocycles. The third-order valence-corrected chi connectivity index (χ3v) is 2.44. The summed E-state index contributed by atoms with van der Waals surface area (Å²) in [6.07, 6.45) is 1.91. The van der Waals surface area contributed by atoms with Gasteiger partial charge in [-0.25, -0.2) is 0 Å². The molecule has 0 aromatic heterocycles. The molecule has 1 N–H and O–H groups in total. The highest BCUT2D eigenvalue weighted by atomic mass is 16.5. The van der Waals surface area contributed by atoms with Crippen LogP contribution in [0.3, 0.4) is 0 Å². The molecule has 1 unspecified atom stereocenters. The highest BCUT2D eigenvalue weighted by Gasteiger charge is 2.38. The number of esters is 1. The minimum absolute atomic E-state index is 0.279. The van der Waals surface area contributed by atoms with Crippen molar-refractivity contribution in [3.05, 3.63) is 11.6 Å². The largest absolute Gasteiger partial charge is 0.465 e. The molecule has 0 heterocycles. The normalized spacial score (nSPS) is 12.6. The predicted octanol–water partition coefficient (Wildman–Crippen LogP) is 2.29. The number of nitrogens with one attached hydrogen (secondary N) is 1. The molecular formula is C14H25NO3. The Kier molecular flexibility index (Phi) is 6.66. The first-order chi connectivity index (χ1) is 8.20. The topological polar surface area (TPSA) is 55.4 Å². The molecule has 0 saturated carbocycles. The average Bonchev–Trinajstić information content (AvgIpc) is 2.14. The number of carbonyl (C=O) groups is 2. The molecule has 0 rings (SSSR count). The standard InChI is InChI=1S/C14H25NO3/c1-7-18-13(17)11(14(4,5)6)12(16)15-9-8-10(2)3/h8,11H,7,9H2,1-6H3,(H,15,16). The summed E-state index contributed by atoms with van der Waals surface area (Å²) < 4.78 is 4.96. The molecule has 1 atom stereocenters. The van der Waals surface area contributed by atoms with Crippen LogP contribution in [0.1, 0.15) is 41.5 Å². The fourth-order valence-corrected chi connectivity index (χ4v) is 1.54. The van der Waals surface area contributed by atoms with E-state index in [0.717, 1.165) is 5.57 Å². The van der Waals surface area contributed by atoms with Gasteiger partial charge in [-0.2, -0.15) is 0 Å². The van der Waals surface area contributed by atoms with Crippen LogP contribution < -0.4 is 5.32 Å². The zero-order valence-electron chi connectivity index (χ0n) is 12.3. The maximum atomic E-state index is 12.0. The van der Waals surface area contributed by atoms with Crippen LogP contribution in [0.2, 0.25) is 0 Å². The van der Waals surface area contributed by atoms with Crippen molar-refractivity contribution in [1.29, 1.82) is 0 Å². The summed E-state index contributed by atoms with van der Waals surface area (Å²) in [4.78, 5) is 23.9. The van der Waals surface area contributed by atoms with Gasteiger partial charge in [0, 0.05) is 6.54 Å². The fourth-order valence-electron chi connectivity index (χ4n) is 1.54. The molecule has 0 aromatic rings. The van der Waals surface area contributed by atoms with Gasteiger partial charge in [0.15, 0.2) is 0 Å². The minimum atomic E-state index is -0.775. The first kappa shape index (κ1) is 16.7. The third kappa shape index (κ3) is 5.84. The van der Waals surface area contributed by atoms with E-state index in [1.165, 1.54) is 0 Å². The van der Waals surface area contributed by atoms with E-state index in [1.807, 2.05) is 40.7 Å². The number of hydrogen-bond acceptors (Lipinski definition) is 3. The Morgan fingerprint density at radius 3 is 2.22 bits per heavy atom. The molecule has 0 fully saturated rings. The van der Waals surface area contributed by atoms with E-state index in [2.05, 4.69) is 5.32 Å². The quantitative estimate of drug-likeness (QED) is 0.466. The van der Waals surface area contributed by atoms with E-state index in [-0.39, 0.29) is 12.5 Å².